The van der Waals surface area contributed by atoms with Crippen LogP contribution in [0.2, 0.25) is 0 Å². The van der Waals surface area contributed by atoms with Gasteiger partial charge in [-0.1, -0.05) is 13.0 Å². The number of rotatable bonds is 4. The molecule has 0 aliphatic carbocycles. The highest BCUT2D eigenvalue weighted by Gasteiger charge is 2.09. The summed E-state index contributed by atoms with van der Waals surface area (Å²) >= 11 is 0. The molecular weight excluding hydrogens is 224 g/mol. The second kappa shape index (κ2) is 5.36. The predicted octanol–water partition coefficient (Wildman–Crippen LogP) is 2.55. The molecule has 1 unspecified atom stereocenters. The molecule has 96 valence electrons. The van der Waals surface area contributed by atoms with Crippen LogP contribution in [0, 0.1) is 6.92 Å². The van der Waals surface area contributed by atoms with Crippen LogP contribution in [0.5, 0.6) is 0 Å². The van der Waals surface area contributed by atoms with Crippen LogP contribution >= 0.6 is 0 Å². The molecule has 2 rings (SSSR count). The average molecular weight is 244 g/mol. The quantitative estimate of drug-likeness (QED) is 0.868. The maximum Gasteiger partial charge on any atom is 0.251 e. The number of nitrogens with one attached hydrogen (secondary N) is 2. The third kappa shape index (κ3) is 2.46. The Balaban J connectivity index is 2.49. The lowest BCUT2D eigenvalue weighted by Gasteiger charge is -2.15. The van der Waals surface area contributed by atoms with E-state index >= 15 is 0 Å². The minimum absolute atomic E-state index is 0.00230. The number of aromatic amines is 1. The van der Waals surface area contributed by atoms with Gasteiger partial charge in [-0.3, -0.25) is 4.79 Å². The molecule has 1 atom stereocenters. The van der Waals surface area contributed by atoms with Crippen molar-refractivity contribution >= 4 is 10.9 Å². The van der Waals surface area contributed by atoms with Gasteiger partial charge in [0.05, 0.1) is 0 Å². The molecule has 0 spiro atoms. The number of H-pyrrole nitrogens is 1. The van der Waals surface area contributed by atoms with E-state index in [0.29, 0.717) is 5.92 Å². The standard InChI is InChI=1S/C15H20N2O/c1-4-11(9-16-3)12-5-6-14-13(8-12)7-10(2)15(18)17-14/h5-8,11,16H,4,9H2,1-3H3,(H,17,18). The van der Waals surface area contributed by atoms with Gasteiger partial charge in [0.2, 0.25) is 0 Å². The van der Waals surface area contributed by atoms with E-state index < -0.39 is 0 Å². The molecule has 0 saturated carbocycles. The third-order valence-electron chi connectivity index (χ3n) is 3.47. The van der Waals surface area contributed by atoms with Crippen LogP contribution in [-0.4, -0.2) is 18.6 Å². The Bertz CT molecular complexity index is 601. The second-order valence-corrected chi connectivity index (χ2v) is 4.79. The molecule has 0 aliphatic heterocycles. The molecule has 0 saturated heterocycles. The topological polar surface area (TPSA) is 44.9 Å². The molecule has 1 aromatic carbocycles. The molecule has 0 radical (unpaired) electrons. The van der Waals surface area contributed by atoms with E-state index in [4.69, 9.17) is 0 Å². The number of hydrogen-bond donors (Lipinski definition) is 2. The summed E-state index contributed by atoms with van der Waals surface area (Å²) in [5.74, 6) is 0.520. The maximum absolute atomic E-state index is 11.5. The first-order valence-corrected chi connectivity index (χ1v) is 6.44. The predicted molar refractivity (Wildman–Crippen MR) is 76.3 cm³/mol. The highest BCUT2D eigenvalue weighted by Crippen LogP contribution is 2.22. The number of hydrogen-bond acceptors (Lipinski definition) is 2. The van der Waals surface area contributed by atoms with Crippen LogP contribution in [0.1, 0.15) is 30.4 Å². The van der Waals surface area contributed by atoms with Gasteiger partial charge in [0, 0.05) is 17.6 Å². The van der Waals surface area contributed by atoms with Gasteiger partial charge in [-0.2, -0.15) is 0 Å². The Labute approximate surface area is 107 Å². The summed E-state index contributed by atoms with van der Waals surface area (Å²) < 4.78 is 0. The first-order valence-electron chi connectivity index (χ1n) is 6.44. The lowest BCUT2D eigenvalue weighted by molar-refractivity contribution is 0.612. The highest BCUT2D eigenvalue weighted by atomic mass is 16.1. The number of pyridine rings is 1. The summed E-state index contributed by atoms with van der Waals surface area (Å²) in [6.07, 6.45) is 1.11. The van der Waals surface area contributed by atoms with Crippen LogP contribution in [0.15, 0.2) is 29.1 Å². The van der Waals surface area contributed by atoms with Crippen molar-refractivity contribution in [3.05, 3.63) is 45.7 Å². The number of likely N-dealkylation sites (N-methyl/N-ethyl adjacent to an activating group) is 1. The number of benzene rings is 1. The van der Waals surface area contributed by atoms with Crippen molar-refractivity contribution in [1.29, 1.82) is 0 Å². The molecule has 0 amide bonds. The van der Waals surface area contributed by atoms with Crippen molar-refractivity contribution in [2.75, 3.05) is 13.6 Å². The third-order valence-corrected chi connectivity index (χ3v) is 3.47. The number of aromatic nitrogens is 1. The van der Waals surface area contributed by atoms with E-state index in [1.165, 1.54) is 5.56 Å². The van der Waals surface area contributed by atoms with Crippen molar-refractivity contribution in [1.82, 2.24) is 10.3 Å². The first kappa shape index (κ1) is 12.8. The molecule has 0 bridgehead atoms. The minimum Gasteiger partial charge on any atom is -0.322 e. The van der Waals surface area contributed by atoms with Gasteiger partial charge < -0.3 is 10.3 Å². The van der Waals surface area contributed by atoms with E-state index in [2.05, 4.69) is 29.4 Å². The number of aryl methyl sites for hydroxylation is 1. The van der Waals surface area contributed by atoms with Crippen molar-refractivity contribution in [2.45, 2.75) is 26.2 Å². The molecule has 1 aromatic heterocycles. The van der Waals surface area contributed by atoms with Gasteiger partial charge in [0.15, 0.2) is 0 Å². The second-order valence-electron chi connectivity index (χ2n) is 4.79. The van der Waals surface area contributed by atoms with Gasteiger partial charge in [-0.05, 0) is 55.5 Å². The fourth-order valence-corrected chi connectivity index (χ4v) is 2.33. The van der Waals surface area contributed by atoms with E-state index in [9.17, 15) is 4.79 Å². The smallest absolute Gasteiger partial charge is 0.251 e. The minimum atomic E-state index is -0.00230. The fourth-order valence-electron chi connectivity index (χ4n) is 2.33. The van der Waals surface area contributed by atoms with Crippen molar-refractivity contribution < 1.29 is 0 Å². The Hall–Kier alpha value is -1.61. The molecule has 1 heterocycles. The molecule has 0 fully saturated rings. The maximum atomic E-state index is 11.5. The average Bonchev–Trinajstić information content (AvgIpc) is 2.37. The summed E-state index contributed by atoms with van der Waals surface area (Å²) in [6, 6.07) is 8.26. The summed E-state index contributed by atoms with van der Waals surface area (Å²) in [6.45, 7) is 5.02. The Morgan fingerprint density at radius 2 is 2.11 bits per heavy atom. The van der Waals surface area contributed by atoms with E-state index in [-0.39, 0.29) is 5.56 Å². The van der Waals surface area contributed by atoms with Gasteiger partial charge in [-0.15, -0.1) is 0 Å². The molecule has 2 aromatic rings. The first-order chi connectivity index (χ1) is 8.65. The molecular formula is C15H20N2O. The largest absolute Gasteiger partial charge is 0.322 e. The molecule has 3 heteroatoms. The van der Waals surface area contributed by atoms with Crippen LogP contribution in [0.25, 0.3) is 10.9 Å². The highest BCUT2D eigenvalue weighted by molar-refractivity contribution is 5.79. The Morgan fingerprint density at radius 3 is 2.78 bits per heavy atom. The zero-order chi connectivity index (χ0) is 13.1. The van der Waals surface area contributed by atoms with Crippen LogP contribution in [0.4, 0.5) is 0 Å². The molecule has 2 N–H and O–H groups in total. The van der Waals surface area contributed by atoms with Crippen LogP contribution in [-0.2, 0) is 0 Å². The Kier molecular flexibility index (Phi) is 3.82. The fraction of sp³-hybridized carbons (Fsp3) is 0.400. The zero-order valence-corrected chi connectivity index (χ0v) is 11.2. The zero-order valence-electron chi connectivity index (χ0n) is 11.2. The van der Waals surface area contributed by atoms with Gasteiger partial charge in [-0.25, -0.2) is 0 Å². The number of fused-ring (bicyclic) bond motifs is 1. The molecule has 3 nitrogen and oxygen atoms in total. The summed E-state index contributed by atoms with van der Waals surface area (Å²) in [4.78, 5) is 14.4. The SMILES string of the molecule is CCC(CNC)c1ccc2[nH]c(=O)c(C)cc2c1. The molecule has 0 aliphatic rings. The normalized spacial score (nSPS) is 12.8. The van der Waals surface area contributed by atoms with E-state index in [1.807, 2.05) is 26.1 Å². The van der Waals surface area contributed by atoms with Crippen molar-refractivity contribution in [2.24, 2.45) is 0 Å². The molecule has 18 heavy (non-hydrogen) atoms. The van der Waals surface area contributed by atoms with E-state index in [0.717, 1.165) is 29.4 Å². The summed E-state index contributed by atoms with van der Waals surface area (Å²) in [7, 11) is 1.98. The van der Waals surface area contributed by atoms with Gasteiger partial charge >= 0.3 is 0 Å². The van der Waals surface area contributed by atoms with Crippen molar-refractivity contribution in [3.63, 3.8) is 0 Å². The van der Waals surface area contributed by atoms with E-state index in [1.54, 1.807) is 0 Å². The monoisotopic (exact) mass is 244 g/mol. The summed E-state index contributed by atoms with van der Waals surface area (Å²) in [5, 5.41) is 4.34. The lowest BCUT2D eigenvalue weighted by Crippen LogP contribution is -2.16. The van der Waals surface area contributed by atoms with Crippen LogP contribution in [0.3, 0.4) is 0 Å². The van der Waals surface area contributed by atoms with Crippen LogP contribution < -0.4 is 10.9 Å². The van der Waals surface area contributed by atoms with Gasteiger partial charge in [0.25, 0.3) is 5.56 Å². The Morgan fingerprint density at radius 1 is 1.33 bits per heavy atom. The van der Waals surface area contributed by atoms with Crippen molar-refractivity contribution in [3.8, 4) is 0 Å². The summed E-state index contributed by atoms with van der Waals surface area (Å²) in [5.41, 5.74) is 3.00. The lowest BCUT2D eigenvalue weighted by atomic mass is 9.95. The van der Waals surface area contributed by atoms with Gasteiger partial charge in [0.1, 0.15) is 0 Å².